The summed E-state index contributed by atoms with van der Waals surface area (Å²) in [4.78, 5) is 14.2. The SMILES string of the molecule is CC(C)c1cc2c(cn1)c(C(C)C)cn2C(C)C.CC(C)c1ccc2c(C(C)C)cn(C(C)C)c2n1.CC(C)c1cnc2c(C(C)C)cn(C(C)C)c2c1. The third-order valence-corrected chi connectivity index (χ3v) is 10.6. The smallest absolute Gasteiger partial charge is 0.140 e. The molecule has 0 bridgehead atoms. The molecule has 6 aromatic heterocycles. The molecule has 0 aliphatic heterocycles. The first kappa shape index (κ1) is 42.8. The van der Waals surface area contributed by atoms with Gasteiger partial charge in [0.05, 0.1) is 16.6 Å². The molecule has 0 atom stereocenters. The monoisotopic (exact) mass is 733 g/mol. The van der Waals surface area contributed by atoms with Gasteiger partial charge < -0.3 is 13.7 Å². The molecule has 0 aliphatic carbocycles. The molecule has 0 spiro atoms. The summed E-state index contributed by atoms with van der Waals surface area (Å²) < 4.78 is 7.03. The van der Waals surface area contributed by atoms with Crippen molar-refractivity contribution in [2.75, 3.05) is 0 Å². The molecule has 0 aliphatic rings. The quantitative estimate of drug-likeness (QED) is 0.149. The second-order valence-electron chi connectivity index (χ2n) is 18.1. The van der Waals surface area contributed by atoms with Gasteiger partial charge in [-0.1, -0.05) is 83.1 Å². The summed E-state index contributed by atoms with van der Waals surface area (Å²) in [6.07, 6.45) is 10.9. The van der Waals surface area contributed by atoms with Crippen LogP contribution >= 0.6 is 0 Å². The third-order valence-electron chi connectivity index (χ3n) is 10.6. The summed E-state index contributed by atoms with van der Waals surface area (Å²) >= 11 is 0. The molecule has 0 amide bonds. The predicted molar refractivity (Wildman–Crippen MR) is 235 cm³/mol. The van der Waals surface area contributed by atoms with Crippen LogP contribution in [0.1, 0.15) is 212 Å². The van der Waals surface area contributed by atoms with Crippen LogP contribution in [-0.4, -0.2) is 28.7 Å². The molecular weight excluding hydrogens is 661 g/mol. The summed E-state index contributed by atoms with van der Waals surface area (Å²) in [6.45, 7) is 40.0. The molecule has 0 radical (unpaired) electrons. The molecular formula is C48H72N6. The van der Waals surface area contributed by atoms with Gasteiger partial charge in [0.15, 0.2) is 0 Å². The van der Waals surface area contributed by atoms with Crippen molar-refractivity contribution in [2.45, 2.75) is 178 Å². The molecule has 0 aromatic carbocycles. The van der Waals surface area contributed by atoms with Crippen LogP contribution in [0.15, 0.2) is 55.2 Å². The Balaban J connectivity index is 0.000000180. The Labute approximate surface area is 327 Å². The molecule has 0 unspecified atom stereocenters. The first-order chi connectivity index (χ1) is 25.2. The normalized spacial score (nSPS) is 12.3. The number of aromatic nitrogens is 6. The van der Waals surface area contributed by atoms with E-state index in [1.807, 2.05) is 6.20 Å². The molecule has 6 heterocycles. The van der Waals surface area contributed by atoms with Crippen molar-refractivity contribution in [1.82, 2.24) is 28.7 Å². The fraction of sp³-hybridized carbons (Fsp3) is 0.562. The molecule has 6 aromatic rings. The van der Waals surface area contributed by atoms with Crippen molar-refractivity contribution < 1.29 is 0 Å². The minimum Gasteiger partial charge on any atom is -0.345 e. The molecule has 0 saturated heterocycles. The standard InChI is InChI=1S/3C16H24N2/c1-10(2)14-9-18(12(5)6)16-7-15(11(3)4)17-8-13(14)16;1-10(2)13-7-15-16(17-8-13)14(11(3)4)9-18(15)12(5)6;1-10(2)14-9-18(12(5)6)16-13(14)7-8-15(17-16)11(3)4/h3*7-12H,1-6H3. The van der Waals surface area contributed by atoms with Gasteiger partial charge in [0.25, 0.3) is 0 Å². The van der Waals surface area contributed by atoms with Crippen molar-refractivity contribution in [3.63, 3.8) is 0 Å². The summed E-state index contributed by atoms with van der Waals surface area (Å²) in [5.41, 5.74) is 12.8. The minimum absolute atomic E-state index is 0.454. The molecule has 0 N–H and O–H groups in total. The second kappa shape index (κ2) is 17.7. The van der Waals surface area contributed by atoms with Gasteiger partial charge in [0, 0.05) is 71.3 Å². The average Bonchev–Trinajstić information content (AvgIpc) is 3.80. The lowest BCUT2D eigenvalue weighted by atomic mass is 10.0. The van der Waals surface area contributed by atoms with E-state index in [1.54, 1.807) is 0 Å². The Morgan fingerprint density at radius 3 is 1.43 bits per heavy atom. The topological polar surface area (TPSA) is 53.5 Å². The Morgan fingerprint density at radius 2 is 0.926 bits per heavy atom. The Morgan fingerprint density at radius 1 is 0.426 bits per heavy atom. The fourth-order valence-electron chi connectivity index (χ4n) is 7.06. The molecule has 6 nitrogen and oxygen atoms in total. The maximum absolute atomic E-state index is 4.86. The fourth-order valence-corrected chi connectivity index (χ4v) is 7.06. The van der Waals surface area contributed by atoms with Crippen LogP contribution in [-0.2, 0) is 0 Å². The average molecular weight is 733 g/mol. The van der Waals surface area contributed by atoms with E-state index < -0.39 is 0 Å². The maximum atomic E-state index is 4.86. The first-order valence-corrected chi connectivity index (χ1v) is 20.8. The number of hydrogen-bond donors (Lipinski definition) is 0. The van der Waals surface area contributed by atoms with Crippen LogP contribution in [0.25, 0.3) is 33.0 Å². The van der Waals surface area contributed by atoms with Gasteiger partial charge in [-0.15, -0.1) is 0 Å². The summed E-state index contributed by atoms with van der Waals surface area (Å²) in [5.74, 6) is 3.09. The zero-order valence-electron chi connectivity index (χ0n) is 37.1. The van der Waals surface area contributed by atoms with E-state index in [1.165, 1.54) is 61.0 Å². The van der Waals surface area contributed by atoms with Crippen molar-refractivity contribution in [1.29, 1.82) is 0 Å². The van der Waals surface area contributed by atoms with E-state index >= 15 is 0 Å². The van der Waals surface area contributed by atoms with Crippen molar-refractivity contribution in [2.24, 2.45) is 0 Å². The zero-order valence-corrected chi connectivity index (χ0v) is 37.1. The van der Waals surface area contributed by atoms with E-state index in [-0.39, 0.29) is 0 Å². The number of nitrogens with zero attached hydrogens (tertiary/aromatic N) is 6. The van der Waals surface area contributed by atoms with Crippen LogP contribution < -0.4 is 0 Å². The van der Waals surface area contributed by atoms with Crippen molar-refractivity contribution in [3.8, 4) is 0 Å². The number of rotatable bonds is 9. The van der Waals surface area contributed by atoms with Crippen molar-refractivity contribution in [3.05, 3.63) is 88.9 Å². The van der Waals surface area contributed by atoms with Gasteiger partial charge in [-0.05, 0) is 124 Å². The number of fused-ring (bicyclic) bond motifs is 3. The third kappa shape index (κ3) is 9.29. The zero-order chi connectivity index (χ0) is 40.3. The molecule has 54 heavy (non-hydrogen) atoms. The van der Waals surface area contributed by atoms with Crippen molar-refractivity contribution >= 4 is 33.0 Å². The first-order valence-electron chi connectivity index (χ1n) is 20.8. The van der Waals surface area contributed by atoms with Gasteiger partial charge in [0.2, 0.25) is 0 Å². The second-order valence-corrected chi connectivity index (χ2v) is 18.1. The molecule has 294 valence electrons. The highest BCUT2D eigenvalue weighted by molar-refractivity contribution is 5.84. The van der Waals surface area contributed by atoms with Crippen LogP contribution in [0.5, 0.6) is 0 Å². The molecule has 0 saturated carbocycles. The van der Waals surface area contributed by atoms with Crippen LogP contribution in [0.4, 0.5) is 0 Å². The summed E-state index contributed by atoms with van der Waals surface area (Å²) in [5, 5.41) is 2.62. The van der Waals surface area contributed by atoms with Gasteiger partial charge in [-0.3, -0.25) is 9.97 Å². The van der Waals surface area contributed by atoms with Gasteiger partial charge in [0.1, 0.15) is 5.65 Å². The lowest BCUT2D eigenvalue weighted by Crippen LogP contribution is -2.01. The van der Waals surface area contributed by atoms with Crippen LogP contribution in [0, 0.1) is 0 Å². The van der Waals surface area contributed by atoms with E-state index in [0.29, 0.717) is 53.6 Å². The lowest BCUT2D eigenvalue weighted by molar-refractivity contribution is 0.613. The highest BCUT2D eigenvalue weighted by Gasteiger charge is 2.18. The largest absolute Gasteiger partial charge is 0.345 e. The lowest BCUT2D eigenvalue weighted by Gasteiger charge is -2.10. The van der Waals surface area contributed by atoms with Gasteiger partial charge >= 0.3 is 0 Å². The minimum atomic E-state index is 0.454. The highest BCUT2D eigenvalue weighted by Crippen LogP contribution is 2.33. The van der Waals surface area contributed by atoms with Crippen LogP contribution in [0.3, 0.4) is 0 Å². The Kier molecular flexibility index (Phi) is 14.0. The van der Waals surface area contributed by atoms with E-state index in [2.05, 4.69) is 192 Å². The molecule has 6 rings (SSSR count). The van der Waals surface area contributed by atoms with Crippen LogP contribution in [0.2, 0.25) is 0 Å². The number of hydrogen-bond acceptors (Lipinski definition) is 3. The van der Waals surface area contributed by atoms with E-state index in [9.17, 15) is 0 Å². The summed E-state index contributed by atoms with van der Waals surface area (Å²) in [7, 11) is 0. The molecule has 0 fully saturated rings. The summed E-state index contributed by atoms with van der Waals surface area (Å²) in [6, 6.07) is 10.4. The Hall–Kier alpha value is -3.93. The highest BCUT2D eigenvalue weighted by atomic mass is 15.1. The maximum Gasteiger partial charge on any atom is 0.140 e. The number of pyridine rings is 3. The predicted octanol–water partition coefficient (Wildman–Crippen LogP) is 14.6. The van der Waals surface area contributed by atoms with Gasteiger partial charge in [-0.25, -0.2) is 4.98 Å². The van der Waals surface area contributed by atoms with Gasteiger partial charge in [-0.2, -0.15) is 0 Å². The Bertz CT molecular complexity index is 1880. The van der Waals surface area contributed by atoms with E-state index in [4.69, 9.17) is 9.97 Å². The molecule has 6 heteroatoms. The van der Waals surface area contributed by atoms with E-state index in [0.717, 1.165) is 5.65 Å².